The molecule has 0 radical (unpaired) electrons. The quantitative estimate of drug-likeness (QED) is 0.0177. The first-order valence-electron chi connectivity index (χ1n) is 46.7. The van der Waals surface area contributed by atoms with Crippen LogP contribution in [-0.4, -0.2) is 271 Å². The molecule has 9 rings (SSSR count). The summed E-state index contributed by atoms with van der Waals surface area (Å²) in [6.07, 6.45) is -2.19. The standard InChI is InChI=1S/C102H125F3N14O21S/c1-11-12-26-84-101(138)115(6)53-70(123)47-67(54-140-57-120)88(125)49-73(59(4)5)98(135)118(9)85(45-60-20-14-13-15-21-60)97(134)113-81(43-62-29-33-69(122)34-30-62)100(137)116(7)83(35-38-91(128)129)96(133)109-52-66(46-64-50-107-76-24-18-16-22-71(64)76)93(130)111-79(42-61-27-31-68(121)32-28-61)95(132)112-78(39-58(2)3)94(131)114-82(87(124)36-37-89(106)126)55-141-56-90(127)110-80(44-63-40-74(103)92(105)75(104)41-63)99(136)119(10)86(102(139)117(84)8)48-65-51-108-77-25-19-17-23-72(65)77/h13-25,27-34,40-41,50-51,57-59,66-67,73,78-86,107-108,121-122H,11-12,26,35-39,42-49,52-56H2,1-10H3,(H2,106,126)(H,109,133)(H,110,127)(H,111,130)(H,112,132)(H,113,134)(H,114,131)(H,128,129)/t66-,67+,73+,78+,79+,80+,81+,82+,83-,84+,85+,86+/m1/s1. The Morgan fingerprint density at radius 3 is 1.60 bits per heavy atom. The van der Waals surface area contributed by atoms with E-state index in [0.29, 0.717) is 86.4 Å². The van der Waals surface area contributed by atoms with Crippen LogP contribution in [0.4, 0.5) is 13.2 Å². The number of ketones is 3. The smallest absolute Gasteiger partial charge is 0.303 e. The minimum atomic E-state index is -1.88. The molecular formula is C102H125F3N14O21S. The summed E-state index contributed by atoms with van der Waals surface area (Å²) in [5, 5.41) is 48.8. The van der Waals surface area contributed by atoms with Crippen molar-refractivity contribution < 1.29 is 115 Å². The fraction of sp³-hybridized carbons (Fsp3) is 0.441. The normalized spacial score (nSPS) is 21.8. The zero-order chi connectivity index (χ0) is 103. The number of hydrogen-bond acceptors (Lipinski definition) is 21. The summed E-state index contributed by atoms with van der Waals surface area (Å²) in [7, 11) is 6.27. The summed E-state index contributed by atoms with van der Waals surface area (Å²) in [4.78, 5) is 262. The van der Waals surface area contributed by atoms with Gasteiger partial charge in [-0.05, 0) is 119 Å². The van der Waals surface area contributed by atoms with Crippen LogP contribution < -0.4 is 37.6 Å². The molecule has 756 valence electrons. The number of carboxylic acid groups (broad SMARTS) is 1. The van der Waals surface area contributed by atoms with Crippen LogP contribution >= 0.6 is 11.8 Å². The van der Waals surface area contributed by atoms with E-state index in [1.54, 1.807) is 119 Å². The highest BCUT2D eigenvalue weighted by Gasteiger charge is 2.44. The van der Waals surface area contributed by atoms with Crippen molar-refractivity contribution in [1.29, 1.82) is 0 Å². The molecule has 3 heterocycles. The maximum absolute atomic E-state index is 15.8. The highest BCUT2D eigenvalue weighted by Crippen LogP contribution is 2.30. The largest absolute Gasteiger partial charge is 0.508 e. The molecule has 39 heteroatoms. The Kier molecular flexibility index (Phi) is 41.2. The number of aliphatic carboxylic acids is 1. The number of nitrogens with one attached hydrogen (secondary N) is 8. The second-order valence-corrected chi connectivity index (χ2v) is 37.6. The van der Waals surface area contributed by atoms with Crippen molar-refractivity contribution in [3.8, 4) is 11.5 Å². The Balaban J connectivity index is 1.15. The number of carboxylic acids is 1. The van der Waals surface area contributed by atoms with E-state index in [2.05, 4.69) is 41.9 Å². The van der Waals surface area contributed by atoms with Crippen LogP contribution in [0.2, 0.25) is 0 Å². The molecule has 0 bridgehead atoms. The van der Waals surface area contributed by atoms with Crippen molar-refractivity contribution in [2.24, 2.45) is 35.3 Å². The molecule has 12 amide bonds. The van der Waals surface area contributed by atoms with E-state index in [9.17, 15) is 53.3 Å². The summed E-state index contributed by atoms with van der Waals surface area (Å²) in [6, 6.07) is 20.0. The van der Waals surface area contributed by atoms with Gasteiger partial charge in [-0.1, -0.05) is 138 Å². The lowest BCUT2D eigenvalue weighted by molar-refractivity contribution is -0.151. The number of nitrogens with zero attached hydrogens (tertiary/aromatic N) is 5. The number of rotatable bonds is 28. The number of para-hydroxylation sites is 2. The van der Waals surface area contributed by atoms with Gasteiger partial charge in [-0.2, -0.15) is 0 Å². The van der Waals surface area contributed by atoms with Crippen LogP contribution in [0.3, 0.4) is 0 Å². The second kappa shape index (κ2) is 52.7. The van der Waals surface area contributed by atoms with Crippen LogP contribution in [0.15, 0.2) is 152 Å². The number of aromatic amines is 2. The van der Waals surface area contributed by atoms with E-state index < -0.39 is 272 Å². The van der Waals surface area contributed by atoms with Crippen LogP contribution in [0, 0.1) is 47.0 Å². The van der Waals surface area contributed by atoms with Crippen LogP contribution in [0.25, 0.3) is 21.8 Å². The van der Waals surface area contributed by atoms with Gasteiger partial charge in [-0.3, -0.25) is 81.5 Å². The van der Waals surface area contributed by atoms with Crippen molar-refractivity contribution in [3.63, 3.8) is 0 Å². The second-order valence-electron chi connectivity index (χ2n) is 36.5. The zero-order valence-corrected chi connectivity index (χ0v) is 81.3. The summed E-state index contributed by atoms with van der Waals surface area (Å²) in [6.45, 7) is 6.51. The minimum Gasteiger partial charge on any atom is -0.508 e. The SMILES string of the molecule is CCCC[C@H]1C(=O)N(C)CC(=O)C[C@@H](COC=O)C(=O)C[C@@H](C(C)C)C(=O)N(C)[C@@H](Cc2ccccc2)C(=O)N[C@@H](Cc2ccc(O)cc2)C(=O)N(C)[C@H](CCC(=O)O)C(=O)NC[C@@H](Cc2c[nH]c3ccccc23)C(=O)N[C@@H](Cc2ccc(O)cc2)C(=O)N[C@@H](CC(C)C)C(=O)N[C@H](C(=O)CCC(N)=O)CSCC(=O)N[C@@H](Cc2cc(F)c(F)c(F)c2)C(=O)N(C)[C@@H](Cc2c[nH]c3ccccc23)C(=O)N1C. The van der Waals surface area contributed by atoms with E-state index in [0.717, 1.165) is 24.5 Å². The van der Waals surface area contributed by atoms with Gasteiger partial charge >= 0.3 is 5.97 Å². The third kappa shape index (κ3) is 31.6. The third-order valence-corrected chi connectivity index (χ3v) is 26.3. The predicted molar refractivity (Wildman–Crippen MR) is 518 cm³/mol. The van der Waals surface area contributed by atoms with Crippen molar-refractivity contribution in [1.82, 2.24) is 66.4 Å². The Morgan fingerprint density at radius 2 is 1.04 bits per heavy atom. The third-order valence-electron chi connectivity index (χ3n) is 25.2. The molecule has 8 aromatic rings. The molecule has 1 fully saturated rings. The molecular weight excluding hydrogens is 1850 g/mol. The molecule has 1 aliphatic heterocycles. The number of hydrogen-bond donors (Lipinski definition) is 12. The number of likely N-dealkylation sites (N-methyl/N-ethyl adjacent to an activating group) is 5. The molecule has 1 saturated heterocycles. The number of Topliss-reactive ketones (excluding diaryl/α,β-unsaturated/α-hetero) is 3. The first-order valence-corrected chi connectivity index (χ1v) is 47.8. The molecule has 35 nitrogen and oxygen atoms in total. The number of amides is 12. The number of phenolic OH excluding ortho intramolecular Hbond substituents is 2. The van der Waals surface area contributed by atoms with Crippen LogP contribution in [-0.2, 0) is 125 Å². The van der Waals surface area contributed by atoms with Gasteiger partial charge in [0.05, 0.1) is 30.2 Å². The molecule has 13 N–H and O–H groups in total. The lowest BCUT2D eigenvalue weighted by Crippen LogP contribution is -2.59. The lowest BCUT2D eigenvalue weighted by atomic mass is 9.84. The molecule has 0 saturated carbocycles. The predicted octanol–water partition coefficient (Wildman–Crippen LogP) is 6.82. The summed E-state index contributed by atoms with van der Waals surface area (Å²) in [5.41, 5.74) is 8.59. The number of carbonyl (C=O) groups excluding carboxylic acids is 16. The minimum absolute atomic E-state index is 0.0453. The summed E-state index contributed by atoms with van der Waals surface area (Å²) in [5.74, 6) is -27.0. The number of phenols is 2. The number of carbonyl (C=O) groups is 17. The number of ether oxygens (including phenoxy) is 1. The highest BCUT2D eigenvalue weighted by molar-refractivity contribution is 8.00. The molecule has 6 aromatic carbocycles. The van der Waals surface area contributed by atoms with Gasteiger partial charge in [0.15, 0.2) is 29.0 Å². The van der Waals surface area contributed by atoms with Crippen molar-refractivity contribution in [2.75, 3.05) is 66.4 Å². The Morgan fingerprint density at radius 1 is 0.518 bits per heavy atom. The van der Waals surface area contributed by atoms with E-state index >= 15 is 56.7 Å². The number of aromatic nitrogens is 2. The van der Waals surface area contributed by atoms with Crippen LogP contribution in [0.5, 0.6) is 11.5 Å². The van der Waals surface area contributed by atoms with Gasteiger partial charge in [-0.25, -0.2) is 13.2 Å². The van der Waals surface area contributed by atoms with E-state index in [-0.39, 0.29) is 68.5 Å². The molecule has 12 atom stereocenters. The number of unbranched alkanes of at least 4 members (excludes halogenated alkanes) is 1. The van der Waals surface area contributed by atoms with E-state index in [1.807, 2.05) is 6.92 Å². The molecule has 0 unspecified atom stereocenters. The van der Waals surface area contributed by atoms with Crippen LogP contribution in [0.1, 0.15) is 132 Å². The Hall–Kier alpha value is -14.3. The topological polar surface area (TPSA) is 506 Å². The van der Waals surface area contributed by atoms with Gasteiger partial charge in [0.25, 0.3) is 6.47 Å². The monoisotopic (exact) mass is 1970 g/mol. The number of H-pyrrole nitrogens is 2. The molecule has 0 spiro atoms. The van der Waals surface area contributed by atoms with Crippen molar-refractivity contribution in [2.45, 2.75) is 192 Å². The molecule has 2 aromatic heterocycles. The number of thioether (sulfide) groups is 1. The fourth-order valence-electron chi connectivity index (χ4n) is 17.2. The maximum atomic E-state index is 15.8. The number of halogens is 3. The molecule has 141 heavy (non-hydrogen) atoms. The summed E-state index contributed by atoms with van der Waals surface area (Å²) < 4.78 is 50.5. The zero-order valence-electron chi connectivity index (χ0n) is 80.5. The van der Waals surface area contributed by atoms with Gasteiger partial charge in [0.2, 0.25) is 70.9 Å². The average molecular weight is 1970 g/mol. The van der Waals surface area contributed by atoms with Gasteiger partial charge < -0.3 is 92.2 Å². The lowest BCUT2D eigenvalue weighted by Gasteiger charge is -2.37. The van der Waals surface area contributed by atoms with Crippen molar-refractivity contribution >= 4 is 134 Å². The number of primary amides is 1. The summed E-state index contributed by atoms with van der Waals surface area (Å²) >= 11 is 0.706. The number of aromatic hydroxyl groups is 2. The average Bonchev–Trinajstić information content (AvgIpc) is 1.76. The van der Waals surface area contributed by atoms with Gasteiger partial charge in [0, 0.05) is 152 Å². The Labute approximate surface area is 818 Å². The highest BCUT2D eigenvalue weighted by atomic mass is 32.2. The van der Waals surface area contributed by atoms with E-state index in [1.165, 1.54) is 83.8 Å². The molecule has 1 aliphatic rings. The number of benzene rings is 6. The Bertz CT molecular complexity index is 5760. The number of nitrogens with two attached hydrogens (primary N) is 1. The van der Waals surface area contributed by atoms with Gasteiger partial charge in [0.1, 0.15) is 72.2 Å². The fourth-order valence-corrected chi connectivity index (χ4v) is 18.0. The maximum Gasteiger partial charge on any atom is 0.303 e. The number of fused-ring (bicyclic) bond motifs is 2. The van der Waals surface area contributed by atoms with Gasteiger partial charge in [-0.15, -0.1) is 11.8 Å². The first-order chi connectivity index (χ1) is 67.0. The first kappa shape index (κ1) is 110. The van der Waals surface area contributed by atoms with E-state index in [4.69, 9.17) is 10.5 Å². The molecule has 0 aliphatic carbocycles. The van der Waals surface area contributed by atoms with Crippen molar-refractivity contribution in [3.05, 3.63) is 203 Å².